The van der Waals surface area contributed by atoms with Crippen molar-refractivity contribution in [2.24, 2.45) is 5.73 Å². The van der Waals surface area contributed by atoms with E-state index in [2.05, 4.69) is 0 Å². The van der Waals surface area contributed by atoms with Crippen LogP contribution in [0.15, 0.2) is 36.4 Å². The zero-order valence-electron chi connectivity index (χ0n) is 11.4. The lowest BCUT2D eigenvalue weighted by atomic mass is 10.2. The Kier molecular flexibility index (Phi) is 4.27. The number of anilines is 1. The molecule has 0 fully saturated rings. The van der Waals surface area contributed by atoms with Gasteiger partial charge in [0, 0.05) is 12.1 Å². The minimum atomic E-state index is -0.829. The number of nitrogen functional groups attached to an aromatic ring is 1. The van der Waals surface area contributed by atoms with E-state index in [1.165, 1.54) is 12.1 Å². The van der Waals surface area contributed by atoms with Gasteiger partial charge in [0.1, 0.15) is 23.1 Å². The van der Waals surface area contributed by atoms with E-state index in [-0.39, 0.29) is 11.3 Å². The minimum absolute atomic E-state index is 0.185. The van der Waals surface area contributed by atoms with Gasteiger partial charge in [-0.05, 0) is 31.2 Å². The zero-order chi connectivity index (χ0) is 15.4. The molecule has 0 saturated carbocycles. The van der Waals surface area contributed by atoms with Crippen LogP contribution >= 0.6 is 0 Å². The Morgan fingerprint density at radius 2 is 1.86 bits per heavy atom. The highest BCUT2D eigenvalue weighted by atomic mass is 19.1. The number of ether oxygens (including phenoxy) is 2. The standard InChI is InChI=1S/C15H15FN2O3/c1-2-20-14-8-10(4-6-13(14)17)21-9-3-5-11(15(18)19)12(16)7-9/h3-8H,2,17H2,1H3,(H2,18,19). The molecule has 6 heteroatoms. The summed E-state index contributed by atoms with van der Waals surface area (Å²) < 4.78 is 24.5. The third kappa shape index (κ3) is 3.42. The molecule has 0 aromatic heterocycles. The van der Waals surface area contributed by atoms with Gasteiger partial charge in [0.25, 0.3) is 5.91 Å². The van der Waals surface area contributed by atoms with Crippen molar-refractivity contribution >= 4 is 11.6 Å². The first-order valence-electron chi connectivity index (χ1n) is 6.30. The summed E-state index contributed by atoms with van der Waals surface area (Å²) in [7, 11) is 0. The SMILES string of the molecule is CCOc1cc(Oc2ccc(C(N)=O)c(F)c2)ccc1N. The van der Waals surface area contributed by atoms with Gasteiger partial charge < -0.3 is 20.9 Å². The summed E-state index contributed by atoms with van der Waals surface area (Å²) in [5.41, 5.74) is 11.1. The van der Waals surface area contributed by atoms with E-state index in [0.29, 0.717) is 23.8 Å². The molecule has 2 rings (SSSR count). The fourth-order valence-electron chi connectivity index (χ4n) is 1.75. The quantitative estimate of drug-likeness (QED) is 0.829. The van der Waals surface area contributed by atoms with E-state index >= 15 is 0 Å². The highest BCUT2D eigenvalue weighted by Crippen LogP contribution is 2.30. The van der Waals surface area contributed by atoms with Crippen LogP contribution in [-0.4, -0.2) is 12.5 Å². The summed E-state index contributed by atoms with van der Waals surface area (Å²) in [5, 5.41) is 0. The van der Waals surface area contributed by atoms with Crippen molar-refractivity contribution in [2.45, 2.75) is 6.92 Å². The number of hydrogen-bond donors (Lipinski definition) is 2. The molecule has 5 nitrogen and oxygen atoms in total. The Morgan fingerprint density at radius 3 is 2.48 bits per heavy atom. The van der Waals surface area contributed by atoms with Crippen LogP contribution in [-0.2, 0) is 0 Å². The average Bonchev–Trinajstić information content (AvgIpc) is 2.42. The number of amides is 1. The van der Waals surface area contributed by atoms with Crippen LogP contribution < -0.4 is 20.9 Å². The number of rotatable bonds is 5. The van der Waals surface area contributed by atoms with Gasteiger partial charge in [0.15, 0.2) is 0 Å². The molecule has 4 N–H and O–H groups in total. The fourth-order valence-corrected chi connectivity index (χ4v) is 1.75. The van der Waals surface area contributed by atoms with Gasteiger partial charge in [0.2, 0.25) is 0 Å². The molecule has 0 atom stereocenters. The number of carbonyl (C=O) groups is 1. The van der Waals surface area contributed by atoms with Crippen LogP contribution in [0.3, 0.4) is 0 Å². The lowest BCUT2D eigenvalue weighted by Crippen LogP contribution is -2.12. The Labute approximate surface area is 121 Å². The number of primary amides is 1. The van der Waals surface area contributed by atoms with Crippen LogP contribution in [0.4, 0.5) is 10.1 Å². The first-order chi connectivity index (χ1) is 10.0. The third-order valence-electron chi connectivity index (χ3n) is 2.73. The van der Waals surface area contributed by atoms with E-state index < -0.39 is 11.7 Å². The summed E-state index contributed by atoms with van der Waals surface area (Å²) in [6, 6.07) is 8.70. The van der Waals surface area contributed by atoms with Gasteiger partial charge in [-0.2, -0.15) is 0 Å². The Balaban J connectivity index is 2.24. The van der Waals surface area contributed by atoms with Gasteiger partial charge in [-0.25, -0.2) is 4.39 Å². The topological polar surface area (TPSA) is 87.6 Å². The van der Waals surface area contributed by atoms with Gasteiger partial charge in [-0.15, -0.1) is 0 Å². The van der Waals surface area contributed by atoms with Gasteiger partial charge in [-0.3, -0.25) is 4.79 Å². The molecule has 0 spiro atoms. The lowest BCUT2D eigenvalue weighted by molar-refractivity contribution is 0.0996. The summed E-state index contributed by atoms with van der Waals surface area (Å²) in [5.74, 6) is -0.390. The minimum Gasteiger partial charge on any atom is -0.492 e. The predicted octanol–water partition coefficient (Wildman–Crippen LogP) is 2.70. The molecular weight excluding hydrogens is 275 g/mol. The Bertz CT molecular complexity index is 674. The van der Waals surface area contributed by atoms with E-state index in [9.17, 15) is 9.18 Å². The van der Waals surface area contributed by atoms with Crippen molar-refractivity contribution < 1.29 is 18.7 Å². The van der Waals surface area contributed by atoms with Crippen LogP contribution in [0.5, 0.6) is 17.2 Å². The lowest BCUT2D eigenvalue weighted by Gasteiger charge is -2.11. The highest BCUT2D eigenvalue weighted by molar-refractivity contribution is 5.93. The van der Waals surface area contributed by atoms with Crippen molar-refractivity contribution in [1.82, 2.24) is 0 Å². The molecule has 0 radical (unpaired) electrons. The second-order valence-electron chi connectivity index (χ2n) is 4.24. The largest absolute Gasteiger partial charge is 0.492 e. The zero-order valence-corrected chi connectivity index (χ0v) is 11.4. The van der Waals surface area contributed by atoms with Crippen LogP contribution in [0.2, 0.25) is 0 Å². The van der Waals surface area contributed by atoms with E-state index in [4.69, 9.17) is 20.9 Å². The molecule has 0 unspecified atom stereocenters. The molecule has 2 aromatic carbocycles. The monoisotopic (exact) mass is 290 g/mol. The highest BCUT2D eigenvalue weighted by Gasteiger charge is 2.10. The third-order valence-corrected chi connectivity index (χ3v) is 2.73. The van der Waals surface area contributed by atoms with Gasteiger partial charge >= 0.3 is 0 Å². The maximum absolute atomic E-state index is 13.6. The molecule has 0 aliphatic rings. The van der Waals surface area contributed by atoms with Crippen LogP contribution in [0, 0.1) is 5.82 Å². The number of benzene rings is 2. The molecule has 0 aliphatic heterocycles. The predicted molar refractivity (Wildman–Crippen MR) is 77.0 cm³/mol. The second kappa shape index (κ2) is 6.13. The number of halogens is 1. The normalized spacial score (nSPS) is 10.2. The van der Waals surface area contributed by atoms with Crippen molar-refractivity contribution in [3.63, 3.8) is 0 Å². The molecule has 21 heavy (non-hydrogen) atoms. The van der Waals surface area contributed by atoms with E-state index in [0.717, 1.165) is 6.07 Å². The molecule has 0 bridgehead atoms. The Hall–Kier alpha value is -2.76. The van der Waals surface area contributed by atoms with Crippen LogP contribution in [0.1, 0.15) is 17.3 Å². The van der Waals surface area contributed by atoms with Crippen molar-refractivity contribution in [2.75, 3.05) is 12.3 Å². The molecule has 0 saturated heterocycles. The van der Waals surface area contributed by atoms with Crippen molar-refractivity contribution in [3.8, 4) is 17.2 Å². The van der Waals surface area contributed by atoms with E-state index in [1.54, 1.807) is 18.2 Å². The van der Waals surface area contributed by atoms with Crippen molar-refractivity contribution in [1.29, 1.82) is 0 Å². The van der Waals surface area contributed by atoms with Gasteiger partial charge in [-0.1, -0.05) is 0 Å². The number of nitrogens with two attached hydrogens (primary N) is 2. The number of carbonyl (C=O) groups excluding carboxylic acids is 1. The summed E-state index contributed by atoms with van der Waals surface area (Å²) in [6.45, 7) is 2.31. The van der Waals surface area contributed by atoms with Gasteiger partial charge in [0.05, 0.1) is 17.9 Å². The maximum Gasteiger partial charge on any atom is 0.251 e. The molecule has 0 heterocycles. The second-order valence-corrected chi connectivity index (χ2v) is 4.24. The molecule has 2 aromatic rings. The van der Waals surface area contributed by atoms with Crippen molar-refractivity contribution in [3.05, 3.63) is 47.8 Å². The van der Waals surface area contributed by atoms with E-state index in [1.807, 2.05) is 6.92 Å². The molecular formula is C15H15FN2O3. The molecule has 0 aliphatic carbocycles. The smallest absolute Gasteiger partial charge is 0.251 e. The first kappa shape index (κ1) is 14.6. The van der Waals surface area contributed by atoms with Crippen LogP contribution in [0.25, 0.3) is 0 Å². The molecule has 110 valence electrons. The molecule has 1 amide bonds. The summed E-state index contributed by atoms with van der Waals surface area (Å²) in [4.78, 5) is 11.0. The fraction of sp³-hybridized carbons (Fsp3) is 0.133. The summed E-state index contributed by atoms with van der Waals surface area (Å²) >= 11 is 0. The first-order valence-corrected chi connectivity index (χ1v) is 6.30. The number of hydrogen-bond acceptors (Lipinski definition) is 4. The Morgan fingerprint density at radius 1 is 1.19 bits per heavy atom. The summed E-state index contributed by atoms with van der Waals surface area (Å²) in [6.07, 6.45) is 0. The maximum atomic E-state index is 13.6. The average molecular weight is 290 g/mol.